The third kappa shape index (κ3) is 1.80. The van der Waals surface area contributed by atoms with Crippen LogP contribution in [0.25, 0.3) is 11.3 Å². The second kappa shape index (κ2) is 3.54. The summed E-state index contributed by atoms with van der Waals surface area (Å²) in [5, 5.41) is 13.0. The fourth-order valence-corrected chi connectivity index (χ4v) is 1.49. The molecule has 4 nitrogen and oxygen atoms in total. The predicted octanol–water partition coefficient (Wildman–Crippen LogP) is 2.53. The molecule has 0 amide bonds. The molecule has 0 saturated carbocycles. The second-order valence-corrected chi connectivity index (χ2v) is 3.75. The fourth-order valence-electron chi connectivity index (χ4n) is 1.15. The summed E-state index contributed by atoms with van der Waals surface area (Å²) >= 11 is 3.00. The van der Waals surface area contributed by atoms with E-state index in [4.69, 9.17) is 10.3 Å². The molecule has 0 spiro atoms. The van der Waals surface area contributed by atoms with Crippen LogP contribution < -0.4 is 5.73 Å². The molecule has 15 heavy (non-hydrogen) atoms. The number of phenolic OH excluding ortho intramolecular Hbond substituents is 1. The third-order valence-corrected chi connectivity index (χ3v) is 2.44. The lowest BCUT2D eigenvalue weighted by atomic mass is 10.1. The van der Waals surface area contributed by atoms with Gasteiger partial charge < -0.3 is 15.4 Å². The Morgan fingerprint density at radius 1 is 1.40 bits per heavy atom. The molecule has 0 saturated heterocycles. The molecule has 0 radical (unpaired) electrons. The maximum absolute atomic E-state index is 13.0. The van der Waals surface area contributed by atoms with Crippen LogP contribution in [-0.2, 0) is 0 Å². The fraction of sp³-hybridized carbons (Fsp3) is 0. The van der Waals surface area contributed by atoms with E-state index in [1.54, 1.807) is 0 Å². The molecule has 1 heterocycles. The average Bonchev–Trinajstić information content (AvgIpc) is 2.58. The van der Waals surface area contributed by atoms with E-state index < -0.39 is 5.82 Å². The molecule has 1 aromatic carbocycles. The summed E-state index contributed by atoms with van der Waals surface area (Å²) in [6, 6.07) is 3.82. The van der Waals surface area contributed by atoms with Crippen molar-refractivity contribution in [3.8, 4) is 17.1 Å². The van der Waals surface area contributed by atoms with Gasteiger partial charge in [-0.2, -0.15) is 0 Å². The van der Waals surface area contributed by atoms with Gasteiger partial charge >= 0.3 is 0 Å². The Hall–Kier alpha value is -1.56. The van der Waals surface area contributed by atoms with Gasteiger partial charge in [0, 0.05) is 12.1 Å². The molecule has 0 atom stereocenters. The van der Waals surface area contributed by atoms with E-state index in [9.17, 15) is 9.50 Å². The Kier molecular flexibility index (Phi) is 2.36. The number of hydrogen-bond donors (Lipinski definition) is 2. The average molecular weight is 273 g/mol. The number of phenols is 1. The molecule has 2 aromatic rings. The number of nitrogens with two attached hydrogens (primary N) is 1. The number of halogens is 2. The SMILES string of the molecule is Nc1cc(-c2cc(Br)c(F)cc2O)on1. The molecule has 2 rings (SSSR count). The van der Waals surface area contributed by atoms with Crippen LogP contribution in [0.5, 0.6) is 5.75 Å². The van der Waals surface area contributed by atoms with Gasteiger partial charge in [0.2, 0.25) is 0 Å². The maximum Gasteiger partial charge on any atom is 0.172 e. The van der Waals surface area contributed by atoms with Crippen LogP contribution in [0.1, 0.15) is 0 Å². The zero-order valence-electron chi connectivity index (χ0n) is 7.37. The quantitative estimate of drug-likeness (QED) is 0.837. The lowest BCUT2D eigenvalue weighted by Crippen LogP contribution is -1.82. The van der Waals surface area contributed by atoms with Gasteiger partial charge in [-0.05, 0) is 22.0 Å². The lowest BCUT2D eigenvalue weighted by molar-refractivity contribution is 0.428. The third-order valence-electron chi connectivity index (χ3n) is 1.83. The minimum absolute atomic E-state index is 0.199. The van der Waals surface area contributed by atoms with Crippen molar-refractivity contribution in [3.63, 3.8) is 0 Å². The molecular weight excluding hydrogens is 267 g/mol. The van der Waals surface area contributed by atoms with E-state index in [-0.39, 0.29) is 21.8 Å². The summed E-state index contributed by atoms with van der Waals surface area (Å²) in [6.07, 6.45) is 0. The Morgan fingerprint density at radius 3 is 2.73 bits per heavy atom. The summed E-state index contributed by atoms with van der Waals surface area (Å²) in [4.78, 5) is 0. The number of aromatic nitrogens is 1. The van der Waals surface area contributed by atoms with Crippen molar-refractivity contribution >= 4 is 21.7 Å². The Labute approximate surface area is 92.6 Å². The molecule has 0 fully saturated rings. The van der Waals surface area contributed by atoms with Gasteiger partial charge in [0.25, 0.3) is 0 Å². The van der Waals surface area contributed by atoms with Crippen molar-refractivity contribution < 1.29 is 14.0 Å². The van der Waals surface area contributed by atoms with Crippen LogP contribution in [0.4, 0.5) is 10.2 Å². The van der Waals surface area contributed by atoms with Crippen molar-refractivity contribution in [2.24, 2.45) is 0 Å². The molecule has 0 bridgehead atoms. The van der Waals surface area contributed by atoms with Crippen LogP contribution in [0.15, 0.2) is 27.2 Å². The number of anilines is 1. The number of nitrogen functional groups attached to an aromatic ring is 1. The first-order valence-corrected chi connectivity index (χ1v) is 4.78. The highest BCUT2D eigenvalue weighted by atomic mass is 79.9. The van der Waals surface area contributed by atoms with Crippen molar-refractivity contribution in [2.45, 2.75) is 0 Å². The highest BCUT2D eigenvalue weighted by Gasteiger charge is 2.13. The van der Waals surface area contributed by atoms with Crippen molar-refractivity contribution in [1.29, 1.82) is 0 Å². The van der Waals surface area contributed by atoms with Gasteiger partial charge in [-0.3, -0.25) is 0 Å². The monoisotopic (exact) mass is 272 g/mol. The van der Waals surface area contributed by atoms with Crippen LogP contribution in [0.2, 0.25) is 0 Å². The number of rotatable bonds is 1. The molecule has 0 unspecified atom stereocenters. The van der Waals surface area contributed by atoms with Crippen LogP contribution in [0.3, 0.4) is 0 Å². The van der Waals surface area contributed by atoms with Crippen LogP contribution in [-0.4, -0.2) is 10.3 Å². The zero-order chi connectivity index (χ0) is 11.0. The molecule has 0 aliphatic heterocycles. The number of aromatic hydroxyl groups is 1. The first-order valence-electron chi connectivity index (χ1n) is 3.98. The summed E-state index contributed by atoms with van der Waals surface area (Å²) in [6.45, 7) is 0. The minimum Gasteiger partial charge on any atom is -0.507 e. The molecule has 78 valence electrons. The van der Waals surface area contributed by atoms with Gasteiger partial charge in [-0.25, -0.2) is 4.39 Å². The standard InChI is InChI=1S/C9H6BrFN2O2/c10-5-1-4(7(14)2-6(5)11)8-3-9(12)13-15-8/h1-3,14H,(H2,12,13). The van der Waals surface area contributed by atoms with E-state index in [1.165, 1.54) is 12.1 Å². The smallest absolute Gasteiger partial charge is 0.172 e. The lowest BCUT2D eigenvalue weighted by Gasteiger charge is -2.01. The molecule has 0 aliphatic rings. The van der Waals surface area contributed by atoms with E-state index in [0.29, 0.717) is 5.56 Å². The van der Waals surface area contributed by atoms with E-state index in [1.807, 2.05) is 0 Å². The first kappa shape index (κ1) is 9.97. The van der Waals surface area contributed by atoms with Gasteiger partial charge in [0.1, 0.15) is 11.6 Å². The summed E-state index contributed by atoms with van der Waals surface area (Å²) in [7, 11) is 0. The van der Waals surface area contributed by atoms with Gasteiger partial charge in [0.15, 0.2) is 11.6 Å². The van der Waals surface area contributed by atoms with E-state index in [0.717, 1.165) is 6.07 Å². The minimum atomic E-state index is -0.552. The van der Waals surface area contributed by atoms with Gasteiger partial charge in [-0.1, -0.05) is 5.16 Å². The molecular formula is C9H6BrFN2O2. The molecule has 6 heteroatoms. The topological polar surface area (TPSA) is 72.3 Å². The van der Waals surface area contributed by atoms with Crippen molar-refractivity contribution in [3.05, 3.63) is 28.5 Å². The Balaban J connectivity index is 2.58. The summed E-state index contributed by atoms with van der Waals surface area (Å²) in [5.74, 6) is -0.300. The first-order chi connectivity index (χ1) is 7.08. The van der Waals surface area contributed by atoms with Crippen LogP contribution in [0, 0.1) is 5.82 Å². The molecule has 1 aromatic heterocycles. The summed E-state index contributed by atoms with van der Waals surface area (Å²) < 4.78 is 18.1. The number of hydrogen-bond acceptors (Lipinski definition) is 4. The van der Waals surface area contributed by atoms with Gasteiger partial charge in [0.05, 0.1) is 10.0 Å². The normalized spacial score (nSPS) is 10.5. The Morgan fingerprint density at radius 2 is 2.13 bits per heavy atom. The molecule has 3 N–H and O–H groups in total. The van der Waals surface area contributed by atoms with E-state index in [2.05, 4.69) is 21.1 Å². The van der Waals surface area contributed by atoms with E-state index >= 15 is 0 Å². The largest absolute Gasteiger partial charge is 0.507 e. The highest BCUT2D eigenvalue weighted by molar-refractivity contribution is 9.10. The number of benzene rings is 1. The number of nitrogens with zero attached hydrogens (tertiary/aromatic N) is 1. The zero-order valence-corrected chi connectivity index (χ0v) is 8.95. The van der Waals surface area contributed by atoms with Crippen LogP contribution >= 0.6 is 15.9 Å². The highest BCUT2D eigenvalue weighted by Crippen LogP contribution is 2.34. The predicted molar refractivity (Wildman–Crippen MR) is 55.7 cm³/mol. The van der Waals surface area contributed by atoms with Gasteiger partial charge in [-0.15, -0.1) is 0 Å². The second-order valence-electron chi connectivity index (χ2n) is 2.90. The summed E-state index contributed by atoms with van der Waals surface area (Å²) in [5.41, 5.74) is 5.69. The van der Waals surface area contributed by atoms with Crippen molar-refractivity contribution in [1.82, 2.24) is 5.16 Å². The molecule has 0 aliphatic carbocycles. The maximum atomic E-state index is 13.0. The van der Waals surface area contributed by atoms with Crippen molar-refractivity contribution in [2.75, 3.05) is 5.73 Å². The Bertz CT molecular complexity index is 513.